The number of fused-ring (bicyclic) bond motifs is 2. The lowest BCUT2D eigenvalue weighted by Crippen LogP contribution is -1.99. The van der Waals surface area contributed by atoms with E-state index in [1.807, 2.05) is 51.1 Å². The molecule has 2 heterocycles. The molecule has 4 aromatic rings. The molecule has 5 nitrogen and oxygen atoms in total. The van der Waals surface area contributed by atoms with Crippen LogP contribution in [-0.2, 0) is 4.79 Å². The number of aliphatic carboxylic acids is 1. The zero-order valence-electron chi connectivity index (χ0n) is 15.7. The van der Waals surface area contributed by atoms with Gasteiger partial charge in [-0.1, -0.05) is 24.3 Å². The Kier molecular flexibility index (Phi) is 4.15. The van der Waals surface area contributed by atoms with Crippen LogP contribution < -0.4 is 5.63 Å². The molecule has 0 bridgehead atoms. The first-order valence-electron chi connectivity index (χ1n) is 8.84. The second kappa shape index (κ2) is 6.53. The summed E-state index contributed by atoms with van der Waals surface area (Å²) in [6.45, 7) is 5.68. The third kappa shape index (κ3) is 2.91. The Balaban J connectivity index is 1.94. The number of furan rings is 1. The van der Waals surface area contributed by atoms with Crippen LogP contribution in [0.4, 0.5) is 0 Å². The molecule has 1 N–H and O–H groups in total. The Bertz CT molecular complexity index is 1320. The molecule has 4 rings (SSSR count). The molecule has 28 heavy (non-hydrogen) atoms. The van der Waals surface area contributed by atoms with E-state index < -0.39 is 5.97 Å². The monoisotopic (exact) mass is 374 g/mol. The van der Waals surface area contributed by atoms with Crippen molar-refractivity contribution in [3.05, 3.63) is 75.3 Å². The smallest absolute Gasteiger partial charge is 0.336 e. The average Bonchev–Trinajstić information content (AvgIpc) is 2.98. The van der Waals surface area contributed by atoms with Crippen LogP contribution in [0.15, 0.2) is 56.1 Å². The first kappa shape index (κ1) is 17.8. The molecule has 2 aromatic heterocycles. The van der Waals surface area contributed by atoms with Gasteiger partial charge in [-0.3, -0.25) is 0 Å². The van der Waals surface area contributed by atoms with Crippen LogP contribution in [0.25, 0.3) is 39.1 Å². The quantitative estimate of drug-likeness (QED) is 0.392. The van der Waals surface area contributed by atoms with Crippen molar-refractivity contribution in [1.82, 2.24) is 0 Å². The SMILES string of the molecule is Cc1oc2c(C)c3oc(=O)cc(C)c3cc2c1-c1ccc(/C=C/C(=O)O)cc1. The zero-order valence-corrected chi connectivity index (χ0v) is 15.7. The third-order valence-electron chi connectivity index (χ3n) is 4.92. The minimum absolute atomic E-state index is 0.374. The molecule has 0 aliphatic carbocycles. The van der Waals surface area contributed by atoms with Crippen LogP contribution in [0.1, 0.15) is 22.5 Å². The van der Waals surface area contributed by atoms with Gasteiger partial charge in [-0.25, -0.2) is 9.59 Å². The van der Waals surface area contributed by atoms with Crippen molar-refractivity contribution in [1.29, 1.82) is 0 Å². The van der Waals surface area contributed by atoms with Gasteiger partial charge in [0.2, 0.25) is 0 Å². The summed E-state index contributed by atoms with van der Waals surface area (Å²) in [6.07, 6.45) is 2.66. The highest BCUT2D eigenvalue weighted by Gasteiger charge is 2.18. The Morgan fingerprint density at radius 2 is 1.64 bits per heavy atom. The van der Waals surface area contributed by atoms with E-state index in [0.717, 1.165) is 50.4 Å². The molecule has 5 heteroatoms. The van der Waals surface area contributed by atoms with E-state index in [0.29, 0.717) is 11.2 Å². The molecule has 0 spiro atoms. The fraction of sp³-hybridized carbons (Fsp3) is 0.130. The van der Waals surface area contributed by atoms with Crippen molar-refractivity contribution in [2.45, 2.75) is 20.8 Å². The van der Waals surface area contributed by atoms with Crippen LogP contribution in [-0.4, -0.2) is 11.1 Å². The predicted molar refractivity (Wildman–Crippen MR) is 109 cm³/mol. The number of carboxylic acids is 1. The number of carbonyl (C=O) groups is 1. The molecule has 0 saturated carbocycles. The highest BCUT2D eigenvalue weighted by molar-refractivity contribution is 6.05. The Labute approximate surface area is 160 Å². The summed E-state index contributed by atoms with van der Waals surface area (Å²) in [5.74, 6) is -0.215. The lowest BCUT2D eigenvalue weighted by atomic mass is 9.97. The Hall–Kier alpha value is -3.60. The van der Waals surface area contributed by atoms with Crippen molar-refractivity contribution in [3.8, 4) is 11.1 Å². The molecular formula is C23H18O5. The second-order valence-electron chi connectivity index (χ2n) is 6.83. The van der Waals surface area contributed by atoms with Crippen molar-refractivity contribution in [3.63, 3.8) is 0 Å². The van der Waals surface area contributed by atoms with Gasteiger partial charge < -0.3 is 13.9 Å². The number of carboxylic acid groups (broad SMARTS) is 1. The summed E-state index contributed by atoms with van der Waals surface area (Å²) in [5, 5.41) is 10.6. The van der Waals surface area contributed by atoms with Crippen molar-refractivity contribution in [2.24, 2.45) is 0 Å². The van der Waals surface area contributed by atoms with E-state index in [4.69, 9.17) is 13.9 Å². The number of benzene rings is 2. The van der Waals surface area contributed by atoms with E-state index in [2.05, 4.69) is 0 Å². The summed E-state index contributed by atoms with van der Waals surface area (Å²) in [4.78, 5) is 22.5. The molecule has 0 fully saturated rings. The first-order chi connectivity index (χ1) is 13.3. The van der Waals surface area contributed by atoms with Crippen molar-refractivity contribution in [2.75, 3.05) is 0 Å². The molecule has 0 radical (unpaired) electrons. The molecule has 0 saturated heterocycles. The summed E-state index contributed by atoms with van der Waals surface area (Å²) >= 11 is 0. The van der Waals surface area contributed by atoms with Gasteiger partial charge in [-0.15, -0.1) is 0 Å². The zero-order chi connectivity index (χ0) is 20.0. The van der Waals surface area contributed by atoms with E-state index in [1.165, 1.54) is 6.07 Å². The van der Waals surface area contributed by atoms with Gasteiger partial charge >= 0.3 is 11.6 Å². The molecule has 0 aliphatic rings. The van der Waals surface area contributed by atoms with Crippen LogP contribution in [0.5, 0.6) is 0 Å². The molecule has 140 valence electrons. The average molecular weight is 374 g/mol. The topological polar surface area (TPSA) is 80.7 Å². The minimum Gasteiger partial charge on any atom is -0.478 e. The minimum atomic E-state index is -0.981. The second-order valence-corrected chi connectivity index (χ2v) is 6.83. The maximum Gasteiger partial charge on any atom is 0.336 e. The van der Waals surface area contributed by atoms with E-state index in [9.17, 15) is 9.59 Å². The summed E-state index contributed by atoms with van der Waals surface area (Å²) in [6, 6.07) is 11.1. The van der Waals surface area contributed by atoms with E-state index in [1.54, 1.807) is 6.08 Å². The standard InChI is InChI=1S/C23H18O5/c1-12-10-20(26)28-22-13(2)23-18(11-17(12)22)21(14(3)27-23)16-7-4-15(5-8-16)6-9-19(24)25/h4-11H,1-3H3,(H,24,25)/b9-6+. The van der Waals surface area contributed by atoms with Gasteiger partial charge in [0.25, 0.3) is 0 Å². The fourth-order valence-corrected chi connectivity index (χ4v) is 3.59. The lowest BCUT2D eigenvalue weighted by molar-refractivity contribution is -0.131. The van der Waals surface area contributed by atoms with Crippen LogP contribution >= 0.6 is 0 Å². The third-order valence-corrected chi connectivity index (χ3v) is 4.92. The van der Waals surface area contributed by atoms with Gasteiger partial charge in [-0.2, -0.15) is 0 Å². The van der Waals surface area contributed by atoms with Gasteiger partial charge in [0.05, 0.1) is 0 Å². The van der Waals surface area contributed by atoms with E-state index in [-0.39, 0.29) is 5.63 Å². The van der Waals surface area contributed by atoms with Gasteiger partial charge in [0.15, 0.2) is 0 Å². The fourth-order valence-electron chi connectivity index (χ4n) is 3.59. The molecule has 0 unspecified atom stereocenters. The van der Waals surface area contributed by atoms with Gasteiger partial charge in [0.1, 0.15) is 16.9 Å². The lowest BCUT2D eigenvalue weighted by Gasteiger charge is -2.06. The maximum absolute atomic E-state index is 11.8. The van der Waals surface area contributed by atoms with E-state index >= 15 is 0 Å². The number of hydrogen-bond acceptors (Lipinski definition) is 4. The highest BCUT2D eigenvalue weighted by atomic mass is 16.4. The largest absolute Gasteiger partial charge is 0.478 e. The van der Waals surface area contributed by atoms with Crippen LogP contribution in [0, 0.1) is 20.8 Å². The summed E-state index contributed by atoms with van der Waals surface area (Å²) < 4.78 is 11.5. The molecule has 0 atom stereocenters. The van der Waals surface area contributed by atoms with Crippen LogP contribution in [0.3, 0.4) is 0 Å². The molecular weight excluding hydrogens is 356 g/mol. The maximum atomic E-state index is 11.8. The highest BCUT2D eigenvalue weighted by Crippen LogP contribution is 2.39. The number of hydrogen-bond donors (Lipinski definition) is 1. The van der Waals surface area contributed by atoms with Crippen molar-refractivity contribution >= 4 is 34.0 Å². The predicted octanol–water partition coefficient (Wildman–Crippen LogP) is 5.23. The number of aryl methyl sites for hydroxylation is 3. The molecule has 0 aliphatic heterocycles. The normalized spacial score (nSPS) is 11.7. The molecule has 0 amide bonds. The summed E-state index contributed by atoms with van der Waals surface area (Å²) in [7, 11) is 0. The Morgan fingerprint density at radius 1 is 0.964 bits per heavy atom. The first-order valence-corrected chi connectivity index (χ1v) is 8.84. The summed E-state index contributed by atoms with van der Waals surface area (Å²) in [5.41, 5.74) is 5.27. The van der Waals surface area contributed by atoms with Gasteiger partial charge in [-0.05, 0) is 49.6 Å². The number of rotatable bonds is 3. The van der Waals surface area contributed by atoms with Crippen molar-refractivity contribution < 1.29 is 18.7 Å². The molecule has 2 aromatic carbocycles. The Morgan fingerprint density at radius 3 is 2.32 bits per heavy atom. The van der Waals surface area contributed by atoms with Crippen LogP contribution in [0.2, 0.25) is 0 Å². The van der Waals surface area contributed by atoms with Gasteiger partial charge in [0, 0.05) is 34.0 Å².